The summed E-state index contributed by atoms with van der Waals surface area (Å²) in [6.07, 6.45) is 13.4. The van der Waals surface area contributed by atoms with Gasteiger partial charge in [-0.15, -0.1) is 0 Å². The van der Waals surface area contributed by atoms with Gasteiger partial charge >= 0.3 is 5.97 Å². The Balaban J connectivity index is 1.81. The average molecular weight is 334 g/mol. The number of benzene rings is 1. The molecule has 1 saturated carbocycles. The maximum Gasteiger partial charge on any atom is 0.373 e. The first-order chi connectivity index (χ1) is 11.8. The Morgan fingerprint density at radius 2 is 1.50 bits per heavy atom. The van der Waals surface area contributed by atoms with Crippen molar-refractivity contribution in [2.45, 2.75) is 76.7 Å². The van der Waals surface area contributed by atoms with Crippen molar-refractivity contribution >= 4 is 5.97 Å². The fraction of sp³-hybridized carbons (Fsp3) is 0.650. The Morgan fingerprint density at radius 1 is 0.917 bits per heavy atom. The summed E-state index contributed by atoms with van der Waals surface area (Å²) in [5.41, 5.74) is 0.447. The van der Waals surface area contributed by atoms with Gasteiger partial charge in [0.05, 0.1) is 12.7 Å². The molecule has 1 fully saturated rings. The minimum atomic E-state index is -0.458. The normalized spacial score (nSPS) is 18.2. The minimum absolute atomic E-state index is 0.0129. The van der Waals surface area contributed by atoms with Crippen LogP contribution in [0.1, 0.15) is 81.0 Å². The van der Waals surface area contributed by atoms with Gasteiger partial charge in [0.2, 0.25) is 0 Å². The zero-order valence-electron chi connectivity index (χ0n) is 14.8. The molecule has 1 aromatic rings. The Labute approximate surface area is 145 Å². The number of carbonyl (C=O) groups excluding carboxylic acids is 1. The Hall–Kier alpha value is -1.55. The largest absolute Gasteiger partial charge is 0.497 e. The van der Waals surface area contributed by atoms with Crippen molar-refractivity contribution in [1.82, 2.24) is 0 Å². The van der Waals surface area contributed by atoms with Gasteiger partial charge in [0.15, 0.2) is 0 Å². The first kappa shape index (κ1) is 18.8. The molecule has 2 rings (SSSR count). The number of rotatable bonds is 4. The van der Waals surface area contributed by atoms with Gasteiger partial charge in [0.1, 0.15) is 11.9 Å². The van der Waals surface area contributed by atoms with Crippen molar-refractivity contribution in [3.8, 4) is 5.75 Å². The second-order valence-corrected chi connectivity index (χ2v) is 6.58. The quantitative estimate of drug-likeness (QED) is 0.542. The van der Waals surface area contributed by atoms with Gasteiger partial charge in [0.25, 0.3) is 0 Å². The van der Waals surface area contributed by atoms with E-state index >= 15 is 0 Å². The molecule has 1 aliphatic carbocycles. The highest BCUT2D eigenvalue weighted by molar-refractivity contribution is 5.89. The molecule has 0 unspecified atom stereocenters. The maximum absolute atomic E-state index is 12.1. The molecule has 4 nitrogen and oxygen atoms in total. The second kappa shape index (κ2) is 11.1. The van der Waals surface area contributed by atoms with Crippen LogP contribution in [0, 0.1) is 0 Å². The van der Waals surface area contributed by atoms with Gasteiger partial charge < -0.3 is 4.74 Å². The van der Waals surface area contributed by atoms with E-state index in [-0.39, 0.29) is 6.10 Å². The predicted molar refractivity (Wildman–Crippen MR) is 94.1 cm³/mol. The van der Waals surface area contributed by atoms with Crippen molar-refractivity contribution in [2.75, 3.05) is 7.11 Å². The fourth-order valence-electron chi connectivity index (χ4n) is 3.13. The summed E-state index contributed by atoms with van der Waals surface area (Å²) in [5, 5.41) is 0. The fourth-order valence-corrected chi connectivity index (χ4v) is 3.13. The van der Waals surface area contributed by atoms with E-state index in [1.54, 1.807) is 31.4 Å². The Kier molecular flexibility index (Phi) is 8.67. The molecule has 1 aromatic carbocycles. The molecule has 4 heteroatoms. The lowest BCUT2D eigenvalue weighted by molar-refractivity contribution is -0.277. The molecule has 134 valence electrons. The van der Waals surface area contributed by atoms with E-state index in [9.17, 15) is 4.79 Å². The van der Waals surface area contributed by atoms with Crippen LogP contribution in [0.5, 0.6) is 5.75 Å². The van der Waals surface area contributed by atoms with Crippen molar-refractivity contribution in [2.24, 2.45) is 0 Å². The third-order valence-electron chi connectivity index (χ3n) is 4.62. The third-order valence-corrected chi connectivity index (χ3v) is 4.62. The Morgan fingerprint density at radius 3 is 2.08 bits per heavy atom. The topological polar surface area (TPSA) is 44.8 Å². The van der Waals surface area contributed by atoms with Crippen molar-refractivity contribution in [1.29, 1.82) is 0 Å². The first-order valence-electron chi connectivity index (χ1n) is 9.31. The molecule has 0 bridgehead atoms. The highest BCUT2D eigenvalue weighted by Crippen LogP contribution is 2.20. The number of methoxy groups -OCH3 is 1. The summed E-state index contributed by atoms with van der Waals surface area (Å²) in [4.78, 5) is 22.7. The number of hydrogen-bond acceptors (Lipinski definition) is 4. The van der Waals surface area contributed by atoms with Crippen molar-refractivity contribution in [3.05, 3.63) is 29.8 Å². The van der Waals surface area contributed by atoms with Gasteiger partial charge in [-0.2, -0.15) is 4.89 Å². The molecule has 1 aliphatic rings. The summed E-state index contributed by atoms with van der Waals surface area (Å²) < 4.78 is 5.13. The van der Waals surface area contributed by atoms with E-state index < -0.39 is 5.97 Å². The first-order valence-corrected chi connectivity index (χ1v) is 9.31. The van der Waals surface area contributed by atoms with Crippen LogP contribution in [0.25, 0.3) is 0 Å². The molecule has 0 saturated heterocycles. The lowest BCUT2D eigenvalue weighted by atomic mass is 9.99. The molecule has 0 aromatic heterocycles. The van der Waals surface area contributed by atoms with E-state index in [1.807, 2.05) is 0 Å². The molecule has 0 atom stereocenters. The minimum Gasteiger partial charge on any atom is -0.497 e. The Bertz CT molecular complexity index is 474. The van der Waals surface area contributed by atoms with Gasteiger partial charge in [-0.3, -0.25) is 4.89 Å². The summed E-state index contributed by atoms with van der Waals surface area (Å²) in [6.45, 7) is 0. The lowest BCUT2D eigenvalue weighted by Gasteiger charge is -2.17. The van der Waals surface area contributed by atoms with Gasteiger partial charge in [-0.1, -0.05) is 63.9 Å². The van der Waals surface area contributed by atoms with Gasteiger partial charge in [-0.05, 0) is 31.0 Å². The molecular formula is C20H30O4. The molecule has 0 amide bonds. The smallest absolute Gasteiger partial charge is 0.373 e. The summed E-state index contributed by atoms with van der Waals surface area (Å²) in [6, 6.07) is 6.93. The third kappa shape index (κ3) is 6.91. The standard InChI is InChI=1S/C20H30O4/c1-22-19-15-11-12-17(16-19)20(21)24-23-18-13-9-7-5-3-2-4-6-8-10-14-18/h11-12,15-16,18H,2-10,13-14H2,1H3. The van der Waals surface area contributed by atoms with Crippen molar-refractivity contribution < 1.29 is 19.3 Å². The monoisotopic (exact) mass is 334 g/mol. The van der Waals surface area contributed by atoms with Crippen molar-refractivity contribution in [3.63, 3.8) is 0 Å². The van der Waals surface area contributed by atoms with Crippen LogP contribution in [0.4, 0.5) is 0 Å². The summed E-state index contributed by atoms with van der Waals surface area (Å²) in [7, 11) is 1.58. The molecular weight excluding hydrogens is 304 g/mol. The van der Waals surface area contributed by atoms with Crippen LogP contribution in [0.15, 0.2) is 24.3 Å². The maximum atomic E-state index is 12.1. The average Bonchev–Trinajstić information content (AvgIpc) is 2.61. The summed E-state index contributed by atoms with van der Waals surface area (Å²) in [5.74, 6) is 0.176. The molecule has 24 heavy (non-hydrogen) atoms. The van der Waals surface area contributed by atoms with Crippen LogP contribution in [-0.2, 0) is 9.78 Å². The number of ether oxygens (including phenoxy) is 1. The van der Waals surface area contributed by atoms with E-state index in [2.05, 4.69) is 0 Å². The zero-order chi connectivity index (χ0) is 17.0. The molecule has 0 heterocycles. The molecule has 0 spiro atoms. The van der Waals surface area contributed by atoms with Crippen LogP contribution in [0.2, 0.25) is 0 Å². The molecule has 0 radical (unpaired) electrons. The number of carbonyl (C=O) groups is 1. The van der Waals surface area contributed by atoms with Crippen LogP contribution < -0.4 is 4.74 Å². The highest BCUT2D eigenvalue weighted by Gasteiger charge is 2.15. The van der Waals surface area contributed by atoms with E-state index in [1.165, 1.54) is 44.9 Å². The highest BCUT2D eigenvalue weighted by atomic mass is 17.2. The number of hydrogen-bond donors (Lipinski definition) is 0. The van der Waals surface area contributed by atoms with Gasteiger partial charge in [-0.25, -0.2) is 4.79 Å². The van der Waals surface area contributed by atoms with E-state index in [0.29, 0.717) is 11.3 Å². The van der Waals surface area contributed by atoms with Crippen LogP contribution >= 0.6 is 0 Å². The summed E-state index contributed by atoms with van der Waals surface area (Å²) >= 11 is 0. The molecule has 0 aliphatic heterocycles. The van der Waals surface area contributed by atoms with Crippen LogP contribution in [0.3, 0.4) is 0 Å². The lowest BCUT2D eigenvalue weighted by Crippen LogP contribution is -2.17. The zero-order valence-corrected chi connectivity index (χ0v) is 14.8. The SMILES string of the molecule is COc1cccc(C(=O)OOC2CCCCCCCCCCC2)c1. The van der Waals surface area contributed by atoms with Gasteiger partial charge in [0, 0.05) is 0 Å². The van der Waals surface area contributed by atoms with E-state index in [0.717, 1.165) is 25.7 Å². The van der Waals surface area contributed by atoms with Crippen LogP contribution in [-0.4, -0.2) is 19.2 Å². The second-order valence-electron chi connectivity index (χ2n) is 6.58. The predicted octanol–water partition coefficient (Wildman–Crippen LogP) is 5.46. The van der Waals surface area contributed by atoms with E-state index in [4.69, 9.17) is 14.5 Å². The molecule has 0 N–H and O–H groups in total.